The summed E-state index contributed by atoms with van der Waals surface area (Å²) in [5.74, 6) is -0.950. The molecule has 1 aromatic carbocycles. The van der Waals surface area contributed by atoms with Gasteiger partial charge in [0.2, 0.25) is 0 Å². The van der Waals surface area contributed by atoms with Crippen molar-refractivity contribution in [1.82, 2.24) is 10.3 Å². The molecule has 1 N–H and O–H groups in total. The highest BCUT2D eigenvalue weighted by Crippen LogP contribution is 2.18. The van der Waals surface area contributed by atoms with Gasteiger partial charge in [0.05, 0.1) is 11.6 Å². The van der Waals surface area contributed by atoms with Crippen molar-refractivity contribution in [2.75, 3.05) is 0 Å². The van der Waals surface area contributed by atoms with Gasteiger partial charge in [-0.05, 0) is 31.0 Å². The van der Waals surface area contributed by atoms with Crippen molar-refractivity contribution >= 4 is 23.5 Å². The number of rotatable bonds is 7. The fraction of sp³-hybridized carbons (Fsp3) is 0.316. The summed E-state index contributed by atoms with van der Waals surface area (Å²) in [5.41, 5.74) is 1.28. The number of nitrogens with one attached hydrogen (secondary N) is 1. The Bertz CT molecular complexity index is 722. The number of pyridine rings is 1. The number of hydrogen-bond donors (Lipinski definition) is 1. The Morgan fingerprint density at radius 3 is 2.60 bits per heavy atom. The van der Waals surface area contributed by atoms with Gasteiger partial charge in [0.25, 0.3) is 5.91 Å². The van der Waals surface area contributed by atoms with Gasteiger partial charge in [-0.1, -0.05) is 55.3 Å². The maximum Gasteiger partial charge on any atom is 0.339 e. The Morgan fingerprint density at radius 2 is 1.96 bits per heavy atom. The van der Waals surface area contributed by atoms with Gasteiger partial charge in [-0.25, -0.2) is 9.78 Å². The van der Waals surface area contributed by atoms with Gasteiger partial charge in [0.15, 0.2) is 6.10 Å². The Morgan fingerprint density at radius 1 is 1.24 bits per heavy atom. The molecule has 0 saturated heterocycles. The van der Waals surface area contributed by atoms with Crippen LogP contribution in [0.15, 0.2) is 48.7 Å². The van der Waals surface area contributed by atoms with E-state index in [1.165, 1.54) is 18.3 Å². The van der Waals surface area contributed by atoms with Crippen molar-refractivity contribution in [3.8, 4) is 0 Å². The van der Waals surface area contributed by atoms with Gasteiger partial charge < -0.3 is 10.1 Å². The Kier molecular flexibility index (Phi) is 6.95. The molecule has 0 aliphatic rings. The molecule has 5 nitrogen and oxygen atoms in total. The van der Waals surface area contributed by atoms with E-state index in [-0.39, 0.29) is 22.7 Å². The van der Waals surface area contributed by atoms with E-state index in [0.717, 1.165) is 18.4 Å². The second-order valence-electron chi connectivity index (χ2n) is 5.68. The lowest BCUT2D eigenvalue weighted by atomic mass is 10.0. The van der Waals surface area contributed by atoms with Crippen LogP contribution in [0.3, 0.4) is 0 Å². The smallest absolute Gasteiger partial charge is 0.339 e. The summed E-state index contributed by atoms with van der Waals surface area (Å²) >= 11 is 5.76. The SMILES string of the molecule is CCCC(NC(=O)C(C)OC(=O)c1ccnc(Cl)c1)c1ccccc1. The summed E-state index contributed by atoms with van der Waals surface area (Å²) in [5, 5.41) is 3.14. The normalized spacial score (nSPS) is 12.9. The number of amides is 1. The van der Waals surface area contributed by atoms with E-state index in [1.807, 2.05) is 30.3 Å². The highest BCUT2D eigenvalue weighted by molar-refractivity contribution is 6.29. The van der Waals surface area contributed by atoms with Crippen molar-refractivity contribution in [3.05, 3.63) is 64.9 Å². The van der Waals surface area contributed by atoms with Crippen LogP contribution in [0.5, 0.6) is 0 Å². The molecule has 0 spiro atoms. The van der Waals surface area contributed by atoms with Crippen molar-refractivity contribution in [2.24, 2.45) is 0 Å². The highest BCUT2D eigenvalue weighted by atomic mass is 35.5. The van der Waals surface area contributed by atoms with Crippen molar-refractivity contribution in [2.45, 2.75) is 38.8 Å². The first-order chi connectivity index (χ1) is 12.0. The predicted octanol–water partition coefficient (Wildman–Crippen LogP) is 3.94. The minimum absolute atomic E-state index is 0.116. The quantitative estimate of drug-likeness (QED) is 0.600. The van der Waals surface area contributed by atoms with Crippen LogP contribution in [-0.4, -0.2) is 23.0 Å². The molecule has 0 radical (unpaired) electrons. The molecule has 25 heavy (non-hydrogen) atoms. The molecule has 2 unspecified atom stereocenters. The van der Waals surface area contributed by atoms with Crippen LogP contribution in [0, 0.1) is 0 Å². The number of benzene rings is 1. The monoisotopic (exact) mass is 360 g/mol. The predicted molar refractivity (Wildman–Crippen MR) is 96.4 cm³/mol. The van der Waals surface area contributed by atoms with E-state index >= 15 is 0 Å². The zero-order valence-electron chi connectivity index (χ0n) is 14.2. The molecule has 2 aromatic rings. The van der Waals surface area contributed by atoms with E-state index in [1.54, 1.807) is 6.92 Å². The topological polar surface area (TPSA) is 68.3 Å². The average Bonchev–Trinajstić information content (AvgIpc) is 2.62. The lowest BCUT2D eigenvalue weighted by molar-refractivity contribution is -0.129. The first-order valence-corrected chi connectivity index (χ1v) is 8.57. The average molecular weight is 361 g/mol. The number of halogens is 1. The number of nitrogens with zero attached hydrogens (tertiary/aromatic N) is 1. The second-order valence-corrected chi connectivity index (χ2v) is 6.06. The van der Waals surface area contributed by atoms with Gasteiger partial charge in [-0.2, -0.15) is 0 Å². The zero-order chi connectivity index (χ0) is 18.2. The van der Waals surface area contributed by atoms with Gasteiger partial charge in [-0.3, -0.25) is 4.79 Å². The number of carbonyl (C=O) groups is 2. The third-order valence-electron chi connectivity index (χ3n) is 3.71. The molecular formula is C19H21ClN2O3. The second kappa shape index (κ2) is 9.18. The van der Waals surface area contributed by atoms with E-state index in [0.29, 0.717) is 0 Å². The molecule has 0 bridgehead atoms. The number of hydrogen-bond acceptors (Lipinski definition) is 4. The van der Waals surface area contributed by atoms with E-state index in [2.05, 4.69) is 17.2 Å². The fourth-order valence-electron chi connectivity index (χ4n) is 2.40. The van der Waals surface area contributed by atoms with Gasteiger partial charge in [-0.15, -0.1) is 0 Å². The maximum atomic E-state index is 12.4. The fourth-order valence-corrected chi connectivity index (χ4v) is 2.57. The van der Waals surface area contributed by atoms with Crippen LogP contribution in [0.2, 0.25) is 5.15 Å². The van der Waals surface area contributed by atoms with Crippen LogP contribution in [-0.2, 0) is 9.53 Å². The van der Waals surface area contributed by atoms with Crippen LogP contribution >= 0.6 is 11.6 Å². The van der Waals surface area contributed by atoms with Gasteiger partial charge in [0, 0.05) is 6.20 Å². The highest BCUT2D eigenvalue weighted by Gasteiger charge is 2.22. The largest absolute Gasteiger partial charge is 0.449 e. The van der Waals surface area contributed by atoms with Crippen LogP contribution in [0.4, 0.5) is 0 Å². The summed E-state index contributed by atoms with van der Waals surface area (Å²) < 4.78 is 5.23. The Labute approximate surface area is 152 Å². The standard InChI is InChI=1S/C19H21ClN2O3/c1-3-7-16(14-8-5-4-6-9-14)22-18(23)13(2)25-19(24)15-10-11-21-17(20)12-15/h4-6,8-13,16H,3,7H2,1-2H3,(H,22,23). The first-order valence-electron chi connectivity index (χ1n) is 8.19. The van der Waals surface area contributed by atoms with E-state index in [9.17, 15) is 9.59 Å². The molecule has 132 valence electrons. The molecule has 1 heterocycles. The third-order valence-corrected chi connectivity index (χ3v) is 3.92. The molecule has 0 saturated carbocycles. The van der Waals surface area contributed by atoms with Crippen molar-refractivity contribution in [1.29, 1.82) is 0 Å². The maximum absolute atomic E-state index is 12.4. The minimum Gasteiger partial charge on any atom is -0.449 e. The molecule has 0 fully saturated rings. The number of aromatic nitrogens is 1. The Balaban J connectivity index is 1.99. The van der Waals surface area contributed by atoms with Crippen molar-refractivity contribution < 1.29 is 14.3 Å². The number of esters is 1. The Hall–Kier alpha value is -2.40. The van der Waals surface area contributed by atoms with Gasteiger partial charge in [0.1, 0.15) is 5.15 Å². The van der Waals surface area contributed by atoms with E-state index in [4.69, 9.17) is 16.3 Å². The zero-order valence-corrected chi connectivity index (χ0v) is 15.0. The van der Waals surface area contributed by atoms with E-state index < -0.39 is 12.1 Å². The molecule has 0 aliphatic heterocycles. The lowest BCUT2D eigenvalue weighted by Crippen LogP contribution is -2.38. The minimum atomic E-state index is -0.914. The summed E-state index contributed by atoms with van der Waals surface area (Å²) in [6.07, 6.45) is 2.22. The molecular weight excluding hydrogens is 340 g/mol. The number of ether oxygens (including phenoxy) is 1. The molecule has 0 aliphatic carbocycles. The molecule has 2 rings (SSSR count). The summed E-state index contributed by atoms with van der Waals surface area (Å²) in [4.78, 5) is 28.3. The molecule has 1 aromatic heterocycles. The molecule has 6 heteroatoms. The number of carbonyl (C=O) groups excluding carboxylic acids is 2. The third kappa shape index (κ3) is 5.57. The molecule has 2 atom stereocenters. The van der Waals surface area contributed by atoms with Crippen LogP contribution < -0.4 is 5.32 Å². The summed E-state index contributed by atoms with van der Waals surface area (Å²) in [6.45, 7) is 3.60. The summed E-state index contributed by atoms with van der Waals surface area (Å²) in [7, 11) is 0. The lowest BCUT2D eigenvalue weighted by Gasteiger charge is -2.21. The van der Waals surface area contributed by atoms with Gasteiger partial charge >= 0.3 is 5.97 Å². The molecule has 1 amide bonds. The van der Waals surface area contributed by atoms with Crippen LogP contribution in [0.1, 0.15) is 48.7 Å². The van der Waals surface area contributed by atoms with Crippen LogP contribution in [0.25, 0.3) is 0 Å². The summed E-state index contributed by atoms with van der Waals surface area (Å²) in [6, 6.07) is 12.5. The first kappa shape index (κ1) is 18.9. The van der Waals surface area contributed by atoms with Crippen molar-refractivity contribution in [3.63, 3.8) is 0 Å².